The van der Waals surface area contributed by atoms with Crippen LogP contribution in [0.3, 0.4) is 0 Å². The van der Waals surface area contributed by atoms with Gasteiger partial charge in [0.25, 0.3) is 0 Å². The summed E-state index contributed by atoms with van der Waals surface area (Å²) >= 11 is 1.13. The fourth-order valence-corrected chi connectivity index (χ4v) is 2.70. The molecule has 5 nitrogen and oxygen atoms in total. The number of amides is 1. The van der Waals surface area contributed by atoms with Crippen molar-refractivity contribution in [1.82, 2.24) is 0 Å². The van der Waals surface area contributed by atoms with Crippen LogP contribution in [0.2, 0.25) is 0 Å². The van der Waals surface area contributed by atoms with Crippen LogP contribution >= 0.6 is 11.8 Å². The molecule has 0 aromatic heterocycles. The van der Waals surface area contributed by atoms with Crippen molar-refractivity contribution in [1.29, 1.82) is 5.26 Å². The zero-order valence-corrected chi connectivity index (χ0v) is 14.9. The van der Waals surface area contributed by atoms with Gasteiger partial charge in [0, 0.05) is 11.3 Å². The molecular formula is C19H17FN2O3S. The van der Waals surface area contributed by atoms with E-state index in [2.05, 4.69) is 5.32 Å². The second kappa shape index (κ2) is 9.59. The summed E-state index contributed by atoms with van der Waals surface area (Å²) in [5.41, 5.74) is 1.58. The number of hydrogen-bond donors (Lipinski definition) is 1. The number of carbonyl (C=O) groups excluding carboxylic acids is 2. The van der Waals surface area contributed by atoms with Gasteiger partial charge in [0.15, 0.2) is 0 Å². The number of nitrogens with zero attached hydrogens (tertiary/aromatic N) is 1. The predicted molar refractivity (Wildman–Crippen MR) is 97.9 cm³/mol. The highest BCUT2D eigenvalue weighted by atomic mass is 32.2. The average Bonchev–Trinajstić information content (AvgIpc) is 2.66. The van der Waals surface area contributed by atoms with Crippen LogP contribution in [0.1, 0.15) is 18.1 Å². The SMILES string of the molecule is CC(SCC(=O)Nc1ccc(F)cc1)C(=O)OCc1ccccc1C#N. The molecule has 2 aromatic carbocycles. The van der Waals surface area contributed by atoms with Crippen LogP contribution in [0.5, 0.6) is 0 Å². The third kappa shape index (κ3) is 5.90. The molecule has 7 heteroatoms. The quantitative estimate of drug-likeness (QED) is 0.753. The number of hydrogen-bond acceptors (Lipinski definition) is 5. The molecule has 0 radical (unpaired) electrons. The smallest absolute Gasteiger partial charge is 0.319 e. The van der Waals surface area contributed by atoms with E-state index in [1.807, 2.05) is 6.07 Å². The highest BCUT2D eigenvalue weighted by Gasteiger charge is 2.17. The molecule has 0 saturated carbocycles. The van der Waals surface area contributed by atoms with Gasteiger partial charge in [0.2, 0.25) is 5.91 Å². The van der Waals surface area contributed by atoms with Crippen molar-refractivity contribution in [3.63, 3.8) is 0 Å². The molecule has 26 heavy (non-hydrogen) atoms. The van der Waals surface area contributed by atoms with Crippen molar-refractivity contribution in [2.75, 3.05) is 11.1 Å². The molecule has 0 aliphatic rings. The molecule has 0 aliphatic carbocycles. The Morgan fingerprint density at radius 3 is 2.62 bits per heavy atom. The van der Waals surface area contributed by atoms with E-state index in [0.717, 1.165) is 11.8 Å². The van der Waals surface area contributed by atoms with E-state index in [-0.39, 0.29) is 24.1 Å². The van der Waals surface area contributed by atoms with E-state index >= 15 is 0 Å². The maximum absolute atomic E-state index is 12.8. The lowest BCUT2D eigenvalue weighted by Crippen LogP contribution is -2.21. The molecular weight excluding hydrogens is 355 g/mol. The number of esters is 1. The van der Waals surface area contributed by atoms with Gasteiger partial charge in [-0.15, -0.1) is 11.8 Å². The second-order valence-corrected chi connectivity index (χ2v) is 6.71. The maximum atomic E-state index is 12.8. The lowest BCUT2D eigenvalue weighted by Gasteiger charge is -2.12. The lowest BCUT2D eigenvalue weighted by atomic mass is 10.1. The minimum atomic E-state index is -0.539. The van der Waals surface area contributed by atoms with Crippen molar-refractivity contribution in [2.45, 2.75) is 18.8 Å². The van der Waals surface area contributed by atoms with Gasteiger partial charge in [-0.2, -0.15) is 5.26 Å². The molecule has 0 spiro atoms. The van der Waals surface area contributed by atoms with Gasteiger partial charge in [-0.25, -0.2) is 4.39 Å². The zero-order valence-electron chi connectivity index (χ0n) is 14.1. The van der Waals surface area contributed by atoms with Crippen molar-refractivity contribution in [2.24, 2.45) is 0 Å². The first-order valence-electron chi connectivity index (χ1n) is 7.81. The Bertz CT molecular complexity index is 818. The van der Waals surface area contributed by atoms with Gasteiger partial charge in [-0.05, 0) is 37.3 Å². The Labute approximate surface area is 155 Å². The predicted octanol–water partition coefficient (Wildman–Crippen LogP) is 3.50. The number of nitrogens with one attached hydrogen (secondary N) is 1. The average molecular weight is 372 g/mol. The van der Waals surface area contributed by atoms with Gasteiger partial charge in [0.1, 0.15) is 17.7 Å². The van der Waals surface area contributed by atoms with Crippen molar-refractivity contribution < 1.29 is 18.7 Å². The first-order valence-corrected chi connectivity index (χ1v) is 8.86. The van der Waals surface area contributed by atoms with Crippen LogP contribution in [-0.2, 0) is 20.9 Å². The largest absolute Gasteiger partial charge is 0.460 e. The highest BCUT2D eigenvalue weighted by Crippen LogP contribution is 2.16. The summed E-state index contributed by atoms with van der Waals surface area (Å²) in [6.45, 7) is 1.66. The van der Waals surface area contributed by atoms with E-state index in [0.29, 0.717) is 16.8 Å². The number of carbonyl (C=O) groups is 2. The van der Waals surface area contributed by atoms with Gasteiger partial charge < -0.3 is 10.1 Å². The molecule has 1 amide bonds. The molecule has 2 aromatic rings. The highest BCUT2D eigenvalue weighted by molar-refractivity contribution is 8.01. The number of halogens is 1. The number of ether oxygens (including phenoxy) is 1. The number of rotatable bonds is 7. The van der Waals surface area contributed by atoms with Crippen LogP contribution in [0.15, 0.2) is 48.5 Å². The second-order valence-electron chi connectivity index (χ2n) is 5.38. The molecule has 1 atom stereocenters. The molecule has 0 fully saturated rings. The Kier molecular flexibility index (Phi) is 7.18. The minimum Gasteiger partial charge on any atom is -0.460 e. The minimum absolute atomic E-state index is 0.00917. The molecule has 0 aliphatic heterocycles. The Morgan fingerprint density at radius 1 is 1.23 bits per heavy atom. The first-order chi connectivity index (χ1) is 12.5. The van der Waals surface area contributed by atoms with Gasteiger partial charge in [-0.3, -0.25) is 9.59 Å². The fraction of sp³-hybridized carbons (Fsp3) is 0.211. The van der Waals surface area contributed by atoms with Gasteiger partial charge in [0.05, 0.1) is 17.4 Å². The summed E-state index contributed by atoms with van der Waals surface area (Å²) in [5, 5.41) is 11.1. The molecule has 1 N–H and O–H groups in total. The van der Waals surface area contributed by atoms with E-state index in [1.165, 1.54) is 24.3 Å². The van der Waals surface area contributed by atoms with Crippen molar-refractivity contribution in [3.8, 4) is 6.07 Å². The van der Waals surface area contributed by atoms with E-state index in [4.69, 9.17) is 10.00 Å². The molecule has 134 valence electrons. The van der Waals surface area contributed by atoms with Crippen LogP contribution in [0.4, 0.5) is 10.1 Å². The lowest BCUT2D eigenvalue weighted by molar-refractivity contribution is -0.143. The number of nitriles is 1. The molecule has 0 saturated heterocycles. The van der Waals surface area contributed by atoms with Gasteiger partial charge in [-0.1, -0.05) is 18.2 Å². The van der Waals surface area contributed by atoms with E-state index < -0.39 is 11.2 Å². The Balaban J connectivity index is 1.77. The molecule has 2 rings (SSSR count). The zero-order chi connectivity index (χ0) is 18.9. The van der Waals surface area contributed by atoms with E-state index in [9.17, 15) is 14.0 Å². The summed E-state index contributed by atoms with van der Waals surface area (Å²) in [5.74, 6) is -1.08. The number of benzene rings is 2. The van der Waals surface area contributed by atoms with Crippen LogP contribution in [0.25, 0.3) is 0 Å². The molecule has 0 heterocycles. The van der Waals surface area contributed by atoms with Crippen LogP contribution in [-0.4, -0.2) is 22.9 Å². The summed E-state index contributed by atoms with van der Waals surface area (Å²) in [6, 6.07) is 14.3. The summed E-state index contributed by atoms with van der Waals surface area (Å²) in [7, 11) is 0. The molecule has 0 bridgehead atoms. The van der Waals surface area contributed by atoms with Crippen molar-refractivity contribution in [3.05, 3.63) is 65.5 Å². The normalized spacial score (nSPS) is 11.3. The van der Waals surface area contributed by atoms with Crippen LogP contribution < -0.4 is 5.32 Å². The number of anilines is 1. The van der Waals surface area contributed by atoms with Crippen LogP contribution in [0, 0.1) is 17.1 Å². The van der Waals surface area contributed by atoms with Crippen molar-refractivity contribution >= 4 is 29.3 Å². The monoisotopic (exact) mass is 372 g/mol. The molecule has 1 unspecified atom stereocenters. The Morgan fingerprint density at radius 2 is 1.92 bits per heavy atom. The van der Waals surface area contributed by atoms with Gasteiger partial charge >= 0.3 is 5.97 Å². The standard InChI is InChI=1S/C19H17FN2O3S/c1-13(19(24)25-11-15-5-3-2-4-14(15)10-21)26-12-18(23)22-17-8-6-16(20)7-9-17/h2-9,13H,11-12H2,1H3,(H,22,23). The Hall–Kier alpha value is -2.85. The number of thioether (sulfide) groups is 1. The summed E-state index contributed by atoms with van der Waals surface area (Å²) in [6.07, 6.45) is 0. The summed E-state index contributed by atoms with van der Waals surface area (Å²) in [4.78, 5) is 23.9. The maximum Gasteiger partial charge on any atom is 0.319 e. The van der Waals surface area contributed by atoms with E-state index in [1.54, 1.807) is 31.2 Å². The fourth-order valence-electron chi connectivity index (χ4n) is 2.02. The summed E-state index contributed by atoms with van der Waals surface area (Å²) < 4.78 is 18.0. The third-order valence-electron chi connectivity index (χ3n) is 3.43. The topological polar surface area (TPSA) is 79.2 Å². The third-order valence-corrected chi connectivity index (χ3v) is 4.55. The first kappa shape index (κ1) is 19.5.